The number of para-hydroxylation sites is 1. The lowest BCUT2D eigenvalue weighted by molar-refractivity contribution is 0.414. The van der Waals surface area contributed by atoms with Crippen molar-refractivity contribution in [1.29, 1.82) is 0 Å². The van der Waals surface area contributed by atoms with Gasteiger partial charge in [-0.25, -0.2) is 4.68 Å². The summed E-state index contributed by atoms with van der Waals surface area (Å²) in [5.41, 5.74) is 1.14. The first-order chi connectivity index (χ1) is 11.5. The lowest BCUT2D eigenvalue weighted by Crippen LogP contribution is -2.34. The first kappa shape index (κ1) is 16.4. The Hall–Kier alpha value is -2.43. The van der Waals surface area contributed by atoms with E-state index in [0.29, 0.717) is 32.0 Å². The molecule has 3 aromatic rings. The van der Waals surface area contributed by atoms with Crippen LogP contribution in [0.5, 0.6) is 5.75 Å². The van der Waals surface area contributed by atoms with E-state index in [1.165, 1.54) is 4.68 Å². The van der Waals surface area contributed by atoms with Gasteiger partial charge in [0, 0.05) is 5.56 Å². The van der Waals surface area contributed by atoms with Crippen LogP contribution in [-0.2, 0) is 0 Å². The number of nitrogens with one attached hydrogen (secondary N) is 1. The molecular weight excluding hydrogens is 347 g/mol. The van der Waals surface area contributed by atoms with Gasteiger partial charge in [-0.05, 0) is 30.3 Å². The third kappa shape index (κ3) is 2.98. The summed E-state index contributed by atoms with van der Waals surface area (Å²) >= 11 is 12.0. The molecule has 4 nitrogen and oxygen atoms in total. The largest absolute Gasteiger partial charge is 0.496 e. The van der Waals surface area contributed by atoms with Crippen molar-refractivity contribution in [3.05, 3.63) is 79.0 Å². The van der Waals surface area contributed by atoms with Crippen LogP contribution in [-0.4, -0.2) is 16.9 Å². The number of ether oxygens (including phenoxy) is 1. The van der Waals surface area contributed by atoms with E-state index in [1.54, 1.807) is 31.4 Å². The summed E-state index contributed by atoms with van der Waals surface area (Å²) in [6.07, 6.45) is 1.74. The minimum absolute atomic E-state index is 0.232. The highest BCUT2D eigenvalue weighted by Gasteiger charge is 2.08. The van der Waals surface area contributed by atoms with Crippen molar-refractivity contribution in [2.45, 2.75) is 0 Å². The molecule has 0 bridgehead atoms. The van der Waals surface area contributed by atoms with Crippen molar-refractivity contribution in [2.75, 3.05) is 7.11 Å². The molecule has 0 fully saturated rings. The number of nitrogens with zero attached hydrogens (tertiary/aromatic N) is 1. The number of benzene rings is 2. The maximum atomic E-state index is 12.7. The SMILES string of the molecule is C=c1[nH]n(-c2ccc(Cl)c(Cl)c2)c(=O)/c1=C/c1ccccc1OC. The summed E-state index contributed by atoms with van der Waals surface area (Å²) < 4.78 is 6.70. The number of hydrogen-bond acceptors (Lipinski definition) is 2. The van der Waals surface area contributed by atoms with E-state index >= 15 is 0 Å². The second kappa shape index (κ2) is 6.59. The number of rotatable bonds is 3. The predicted molar refractivity (Wildman–Crippen MR) is 97.7 cm³/mol. The van der Waals surface area contributed by atoms with Gasteiger partial charge in [0.2, 0.25) is 0 Å². The number of hydrogen-bond donors (Lipinski definition) is 1. The predicted octanol–water partition coefficient (Wildman–Crippen LogP) is 2.72. The highest BCUT2D eigenvalue weighted by Crippen LogP contribution is 2.23. The standard InChI is InChI=1S/C18H14Cl2N2O2/c1-11-14(9-12-5-3-4-6-17(12)24-2)18(23)22(21-11)13-7-8-15(19)16(20)10-13/h3-10,21H,1H2,2H3/b14-9+. The number of halogens is 2. The molecule has 6 heteroatoms. The van der Waals surface area contributed by atoms with Gasteiger partial charge in [0.15, 0.2) is 0 Å². The molecule has 0 saturated carbocycles. The Morgan fingerprint density at radius 3 is 2.62 bits per heavy atom. The fourth-order valence-corrected chi connectivity index (χ4v) is 2.68. The Kier molecular flexibility index (Phi) is 4.51. The molecule has 1 N–H and O–H groups in total. The zero-order valence-electron chi connectivity index (χ0n) is 12.8. The van der Waals surface area contributed by atoms with Crippen molar-refractivity contribution in [1.82, 2.24) is 9.78 Å². The van der Waals surface area contributed by atoms with E-state index in [-0.39, 0.29) is 5.56 Å². The first-order valence-corrected chi connectivity index (χ1v) is 7.87. The topological polar surface area (TPSA) is 47.0 Å². The van der Waals surface area contributed by atoms with Crippen molar-refractivity contribution in [3.63, 3.8) is 0 Å². The molecule has 1 heterocycles. The van der Waals surface area contributed by atoms with Crippen molar-refractivity contribution in [3.8, 4) is 11.4 Å². The van der Waals surface area contributed by atoms with Crippen molar-refractivity contribution in [2.24, 2.45) is 0 Å². The van der Waals surface area contributed by atoms with Crippen LogP contribution >= 0.6 is 23.2 Å². The molecule has 2 aromatic carbocycles. The number of H-pyrrole nitrogens is 1. The molecule has 0 unspecified atom stereocenters. The molecule has 1 aromatic heterocycles. The van der Waals surface area contributed by atoms with Gasteiger partial charge >= 0.3 is 0 Å². The van der Waals surface area contributed by atoms with E-state index in [1.807, 2.05) is 24.3 Å². The molecule has 0 saturated heterocycles. The van der Waals surface area contributed by atoms with E-state index in [0.717, 1.165) is 5.56 Å². The van der Waals surface area contributed by atoms with Crippen LogP contribution < -0.4 is 20.9 Å². The third-order valence-electron chi connectivity index (χ3n) is 3.61. The fourth-order valence-electron chi connectivity index (χ4n) is 2.39. The molecule has 0 aliphatic carbocycles. The molecular formula is C18H14Cl2N2O2. The first-order valence-electron chi connectivity index (χ1n) is 7.11. The Bertz CT molecular complexity index is 1070. The highest BCUT2D eigenvalue weighted by molar-refractivity contribution is 6.42. The Morgan fingerprint density at radius 2 is 1.92 bits per heavy atom. The summed E-state index contributed by atoms with van der Waals surface area (Å²) in [5.74, 6) is 0.679. The maximum Gasteiger partial charge on any atom is 0.279 e. The van der Waals surface area contributed by atoms with Crippen LogP contribution in [0.15, 0.2) is 47.3 Å². The highest BCUT2D eigenvalue weighted by atomic mass is 35.5. The smallest absolute Gasteiger partial charge is 0.279 e. The maximum absolute atomic E-state index is 12.7. The van der Waals surface area contributed by atoms with Crippen molar-refractivity contribution >= 4 is 35.9 Å². The van der Waals surface area contributed by atoms with Crippen LogP contribution in [0.1, 0.15) is 5.56 Å². The molecule has 0 aliphatic heterocycles. The van der Waals surface area contributed by atoms with Gasteiger partial charge in [0.1, 0.15) is 5.75 Å². The van der Waals surface area contributed by atoms with Gasteiger partial charge in [-0.15, -0.1) is 0 Å². The lowest BCUT2D eigenvalue weighted by atomic mass is 10.1. The summed E-state index contributed by atoms with van der Waals surface area (Å²) in [7, 11) is 1.59. The van der Waals surface area contributed by atoms with Gasteiger partial charge in [-0.1, -0.05) is 48.0 Å². The van der Waals surface area contributed by atoms with E-state index in [2.05, 4.69) is 11.7 Å². The van der Waals surface area contributed by atoms with Crippen LogP contribution in [0.3, 0.4) is 0 Å². The molecule has 0 spiro atoms. The van der Waals surface area contributed by atoms with Gasteiger partial charge in [0.25, 0.3) is 5.56 Å². The minimum Gasteiger partial charge on any atom is -0.496 e. The second-order valence-electron chi connectivity index (χ2n) is 5.13. The molecule has 24 heavy (non-hydrogen) atoms. The average Bonchev–Trinajstić information content (AvgIpc) is 2.86. The molecule has 0 aliphatic rings. The minimum atomic E-state index is -0.232. The van der Waals surface area contributed by atoms with E-state index in [9.17, 15) is 4.79 Å². The third-order valence-corrected chi connectivity index (χ3v) is 4.34. The zero-order chi connectivity index (χ0) is 17.3. The summed E-state index contributed by atoms with van der Waals surface area (Å²) in [6.45, 7) is 3.91. The average molecular weight is 361 g/mol. The van der Waals surface area contributed by atoms with Gasteiger partial charge < -0.3 is 4.74 Å². The lowest BCUT2D eigenvalue weighted by Gasteiger charge is -2.03. The molecule has 0 amide bonds. The van der Waals surface area contributed by atoms with Crippen LogP contribution in [0.2, 0.25) is 10.0 Å². The number of aromatic nitrogens is 2. The Balaban J connectivity index is 2.20. The van der Waals surface area contributed by atoms with E-state index < -0.39 is 0 Å². The van der Waals surface area contributed by atoms with Crippen LogP contribution in [0.4, 0.5) is 0 Å². The fraction of sp³-hybridized carbons (Fsp3) is 0.0556. The van der Waals surface area contributed by atoms with Crippen molar-refractivity contribution < 1.29 is 4.74 Å². The second-order valence-corrected chi connectivity index (χ2v) is 5.94. The monoisotopic (exact) mass is 360 g/mol. The quantitative estimate of drug-likeness (QED) is 0.780. The molecule has 0 radical (unpaired) electrons. The molecule has 3 rings (SSSR count). The summed E-state index contributed by atoms with van der Waals surface area (Å²) in [6, 6.07) is 12.4. The van der Waals surface area contributed by atoms with Crippen LogP contribution in [0.25, 0.3) is 18.3 Å². The van der Waals surface area contributed by atoms with Crippen LogP contribution in [0, 0.1) is 0 Å². The Labute approximate surface area is 148 Å². The molecule has 122 valence electrons. The summed E-state index contributed by atoms with van der Waals surface area (Å²) in [4.78, 5) is 12.7. The van der Waals surface area contributed by atoms with Gasteiger partial charge in [0.05, 0.1) is 33.4 Å². The zero-order valence-corrected chi connectivity index (χ0v) is 14.4. The molecule has 0 atom stereocenters. The number of aromatic amines is 1. The normalized spacial score (nSPS) is 11.7. The van der Waals surface area contributed by atoms with Gasteiger partial charge in [-0.2, -0.15) is 0 Å². The number of methoxy groups -OCH3 is 1. The van der Waals surface area contributed by atoms with Gasteiger partial charge in [-0.3, -0.25) is 9.89 Å². The van der Waals surface area contributed by atoms with E-state index in [4.69, 9.17) is 27.9 Å². The summed E-state index contributed by atoms with van der Waals surface area (Å²) in [5, 5.41) is 4.70. The Morgan fingerprint density at radius 1 is 1.17 bits per heavy atom.